The Morgan fingerprint density at radius 1 is 1.35 bits per heavy atom. The average Bonchev–Trinajstić information content (AvgIpc) is 2.64. The molecule has 0 amide bonds. The Morgan fingerprint density at radius 3 is 2.65 bits per heavy atom. The predicted molar refractivity (Wildman–Crippen MR) is 68.7 cm³/mol. The van der Waals surface area contributed by atoms with E-state index in [4.69, 9.17) is 18.9 Å². The number of carbonyl (C=O) groups excluding carboxylic acids is 2. The van der Waals surface area contributed by atoms with Crippen LogP contribution in [0.25, 0.3) is 0 Å². The van der Waals surface area contributed by atoms with Crippen molar-refractivity contribution in [1.29, 1.82) is 0 Å². The number of esters is 2. The Labute approximate surface area is 118 Å². The maximum Gasteiger partial charge on any atom is 0.357 e. The number of ether oxygens (including phenoxy) is 4. The van der Waals surface area contributed by atoms with Crippen molar-refractivity contribution < 1.29 is 28.5 Å². The third-order valence-corrected chi connectivity index (χ3v) is 3.25. The van der Waals surface area contributed by atoms with Gasteiger partial charge in [0.05, 0.1) is 12.7 Å². The molecule has 0 unspecified atom stereocenters. The van der Waals surface area contributed by atoms with E-state index in [0.717, 1.165) is 0 Å². The minimum Gasteiger partial charge on any atom is -0.463 e. The average molecular weight is 284 g/mol. The lowest BCUT2D eigenvalue weighted by atomic mass is 9.85. The molecule has 0 spiro atoms. The number of carbonyl (C=O) groups is 2. The summed E-state index contributed by atoms with van der Waals surface area (Å²) >= 11 is 0. The van der Waals surface area contributed by atoms with Gasteiger partial charge in [-0.2, -0.15) is 0 Å². The Balaban J connectivity index is 2.38. The lowest BCUT2D eigenvalue weighted by Gasteiger charge is -2.36. The second kappa shape index (κ2) is 5.18. The van der Waals surface area contributed by atoms with E-state index in [9.17, 15) is 9.59 Å². The fraction of sp³-hybridized carbons (Fsp3) is 0.714. The molecule has 2 aliphatic rings. The number of rotatable bonds is 3. The molecular formula is C14H20O6. The summed E-state index contributed by atoms with van der Waals surface area (Å²) in [6.07, 6.45) is 2.84. The standard InChI is InChI=1S/C14H20O6/c1-5-17-12(16)14(18-9(2)15)8-6-7-10-11(14)20-13(3,4)19-10/h6,8,10-11H,5,7H2,1-4H3/t10-,11-,14-/m0/s1. The zero-order valence-electron chi connectivity index (χ0n) is 12.2. The van der Waals surface area contributed by atoms with E-state index in [1.807, 2.05) is 0 Å². The van der Waals surface area contributed by atoms with Crippen LogP contribution in [0.1, 0.15) is 34.1 Å². The summed E-state index contributed by atoms with van der Waals surface area (Å²) in [5.74, 6) is -2.04. The predicted octanol–water partition coefficient (Wildman–Crippen LogP) is 1.33. The van der Waals surface area contributed by atoms with Gasteiger partial charge in [0.1, 0.15) is 6.10 Å². The minimum absolute atomic E-state index is 0.192. The summed E-state index contributed by atoms with van der Waals surface area (Å²) in [6.45, 7) is 6.65. The first kappa shape index (κ1) is 15.0. The summed E-state index contributed by atoms with van der Waals surface area (Å²) < 4.78 is 21.9. The molecule has 1 aliphatic carbocycles. The molecule has 0 aromatic heterocycles. The van der Waals surface area contributed by atoms with Crippen molar-refractivity contribution in [3.05, 3.63) is 12.2 Å². The summed E-state index contributed by atoms with van der Waals surface area (Å²) in [6, 6.07) is 0. The van der Waals surface area contributed by atoms with Crippen LogP contribution in [0.2, 0.25) is 0 Å². The molecule has 1 fully saturated rings. The summed E-state index contributed by atoms with van der Waals surface area (Å²) in [5, 5.41) is 0. The van der Waals surface area contributed by atoms with Crippen LogP contribution in [-0.2, 0) is 28.5 Å². The topological polar surface area (TPSA) is 71.1 Å². The first-order valence-corrected chi connectivity index (χ1v) is 6.71. The first-order chi connectivity index (χ1) is 9.31. The molecule has 1 aliphatic heterocycles. The number of hydrogen-bond acceptors (Lipinski definition) is 6. The lowest BCUT2D eigenvalue weighted by Crippen LogP contribution is -2.57. The van der Waals surface area contributed by atoms with Gasteiger partial charge < -0.3 is 18.9 Å². The largest absolute Gasteiger partial charge is 0.463 e. The van der Waals surface area contributed by atoms with Crippen LogP contribution in [0.5, 0.6) is 0 Å². The van der Waals surface area contributed by atoms with Crippen LogP contribution >= 0.6 is 0 Å². The van der Waals surface area contributed by atoms with E-state index < -0.39 is 29.4 Å². The van der Waals surface area contributed by atoms with Gasteiger partial charge in [-0.25, -0.2) is 4.79 Å². The van der Waals surface area contributed by atoms with Crippen molar-refractivity contribution >= 4 is 11.9 Å². The van der Waals surface area contributed by atoms with Crippen LogP contribution in [-0.4, -0.2) is 42.1 Å². The highest BCUT2D eigenvalue weighted by atomic mass is 16.8. The second-order valence-corrected chi connectivity index (χ2v) is 5.34. The molecule has 1 heterocycles. The van der Waals surface area contributed by atoms with Crippen molar-refractivity contribution in [3.63, 3.8) is 0 Å². The van der Waals surface area contributed by atoms with E-state index >= 15 is 0 Å². The van der Waals surface area contributed by atoms with Crippen molar-refractivity contribution in [1.82, 2.24) is 0 Å². The molecule has 6 nitrogen and oxygen atoms in total. The molecule has 0 N–H and O–H groups in total. The molecule has 20 heavy (non-hydrogen) atoms. The van der Waals surface area contributed by atoms with Crippen LogP contribution < -0.4 is 0 Å². The quantitative estimate of drug-likeness (QED) is 0.575. The van der Waals surface area contributed by atoms with Crippen LogP contribution in [0.15, 0.2) is 12.2 Å². The van der Waals surface area contributed by atoms with Crippen molar-refractivity contribution in [3.8, 4) is 0 Å². The van der Waals surface area contributed by atoms with Crippen molar-refractivity contribution in [2.45, 2.75) is 57.7 Å². The highest BCUT2D eigenvalue weighted by molar-refractivity contribution is 5.86. The smallest absolute Gasteiger partial charge is 0.357 e. The molecule has 3 atom stereocenters. The molecule has 0 aromatic carbocycles. The van der Waals surface area contributed by atoms with Gasteiger partial charge in [-0.1, -0.05) is 6.08 Å². The van der Waals surface area contributed by atoms with E-state index in [1.54, 1.807) is 32.9 Å². The van der Waals surface area contributed by atoms with Gasteiger partial charge in [0.25, 0.3) is 5.60 Å². The lowest BCUT2D eigenvalue weighted by molar-refractivity contribution is -0.199. The summed E-state index contributed by atoms with van der Waals surface area (Å²) in [4.78, 5) is 23.7. The maximum atomic E-state index is 12.3. The Morgan fingerprint density at radius 2 is 2.05 bits per heavy atom. The van der Waals surface area contributed by atoms with Crippen LogP contribution in [0.3, 0.4) is 0 Å². The zero-order chi connectivity index (χ0) is 15.0. The first-order valence-electron chi connectivity index (χ1n) is 6.71. The second-order valence-electron chi connectivity index (χ2n) is 5.34. The monoisotopic (exact) mass is 284 g/mol. The molecule has 6 heteroatoms. The van der Waals surface area contributed by atoms with Crippen molar-refractivity contribution in [2.24, 2.45) is 0 Å². The number of fused-ring (bicyclic) bond motifs is 1. The minimum atomic E-state index is -1.57. The highest BCUT2D eigenvalue weighted by Crippen LogP contribution is 2.41. The van der Waals surface area contributed by atoms with Crippen molar-refractivity contribution in [2.75, 3.05) is 6.61 Å². The Kier molecular flexibility index (Phi) is 3.88. The van der Waals surface area contributed by atoms with Crippen LogP contribution in [0, 0.1) is 0 Å². The van der Waals surface area contributed by atoms with Gasteiger partial charge in [0, 0.05) is 6.92 Å². The highest BCUT2D eigenvalue weighted by Gasteiger charge is 2.60. The fourth-order valence-corrected chi connectivity index (χ4v) is 2.64. The fourth-order valence-electron chi connectivity index (χ4n) is 2.64. The zero-order valence-corrected chi connectivity index (χ0v) is 12.2. The third-order valence-electron chi connectivity index (χ3n) is 3.25. The van der Waals surface area contributed by atoms with E-state index in [2.05, 4.69) is 0 Å². The van der Waals surface area contributed by atoms with E-state index in [0.29, 0.717) is 6.42 Å². The van der Waals surface area contributed by atoms with Gasteiger partial charge in [0.2, 0.25) is 0 Å². The normalized spacial score (nSPS) is 34.4. The molecule has 0 bridgehead atoms. The molecular weight excluding hydrogens is 264 g/mol. The summed E-state index contributed by atoms with van der Waals surface area (Å²) in [5.41, 5.74) is -1.57. The molecule has 0 saturated carbocycles. The van der Waals surface area contributed by atoms with E-state index in [1.165, 1.54) is 6.92 Å². The number of hydrogen-bond donors (Lipinski definition) is 0. The van der Waals surface area contributed by atoms with Gasteiger partial charge >= 0.3 is 11.9 Å². The Bertz CT molecular complexity index is 441. The molecule has 2 rings (SSSR count). The summed E-state index contributed by atoms with van der Waals surface area (Å²) in [7, 11) is 0. The molecule has 112 valence electrons. The van der Waals surface area contributed by atoms with Gasteiger partial charge in [0.15, 0.2) is 5.79 Å². The maximum absolute atomic E-state index is 12.3. The van der Waals surface area contributed by atoms with E-state index in [-0.39, 0.29) is 12.7 Å². The van der Waals surface area contributed by atoms with Gasteiger partial charge in [-0.05, 0) is 33.3 Å². The third kappa shape index (κ3) is 2.58. The van der Waals surface area contributed by atoms with Gasteiger partial charge in [-0.3, -0.25) is 4.79 Å². The molecule has 0 aromatic rings. The van der Waals surface area contributed by atoms with Crippen LogP contribution in [0.4, 0.5) is 0 Å². The molecule has 1 saturated heterocycles. The Hall–Kier alpha value is -1.40. The van der Waals surface area contributed by atoms with Gasteiger partial charge in [-0.15, -0.1) is 0 Å². The molecule has 0 radical (unpaired) electrons. The SMILES string of the molecule is CCOC(=O)[C@]1(OC(C)=O)C=CC[C@@H]2OC(C)(C)O[C@@H]21.